The molecule has 3 heteroatoms. The van der Waals surface area contributed by atoms with Crippen molar-refractivity contribution in [3.63, 3.8) is 0 Å². The van der Waals surface area contributed by atoms with Crippen LogP contribution in [0.3, 0.4) is 0 Å². The molecule has 74 valence electrons. The second-order valence-electron chi connectivity index (χ2n) is 3.67. The van der Waals surface area contributed by atoms with Crippen molar-refractivity contribution >= 4 is 34.9 Å². The van der Waals surface area contributed by atoms with Crippen LogP contribution in [0, 0.1) is 6.92 Å². The molecule has 1 nitrogen and oxygen atoms in total. The van der Waals surface area contributed by atoms with Gasteiger partial charge in [-0.15, -0.1) is 12.6 Å². The highest BCUT2D eigenvalue weighted by Crippen LogP contribution is 2.28. The minimum absolute atomic E-state index is 0.676. The monoisotopic (exact) mass is 223 g/mol. The molecule has 2 rings (SSSR count). The minimum Gasteiger partial charge on any atom is -0.327 e. The number of thiol groups is 1. The predicted molar refractivity (Wildman–Crippen MR) is 68.4 cm³/mol. The third-order valence-electron chi connectivity index (χ3n) is 2.58. The molecule has 1 aromatic rings. The number of anilines is 1. The minimum atomic E-state index is 0.676. The summed E-state index contributed by atoms with van der Waals surface area (Å²) in [5, 5.41) is 0. The highest BCUT2D eigenvalue weighted by Gasteiger charge is 2.17. The van der Waals surface area contributed by atoms with E-state index in [2.05, 4.69) is 42.7 Å². The molecule has 0 fully saturated rings. The summed E-state index contributed by atoms with van der Waals surface area (Å²) < 4.78 is 0.676. The molecule has 0 aliphatic carbocycles. The molecular weight excluding hydrogens is 210 g/mol. The number of rotatable bonds is 0. The van der Waals surface area contributed by atoms with E-state index in [0.29, 0.717) is 4.32 Å². The molecule has 1 aliphatic heterocycles. The van der Waals surface area contributed by atoms with E-state index in [1.54, 1.807) is 0 Å². The summed E-state index contributed by atoms with van der Waals surface area (Å²) in [5.74, 6) is 0. The van der Waals surface area contributed by atoms with Crippen LogP contribution in [0.5, 0.6) is 0 Å². The van der Waals surface area contributed by atoms with Gasteiger partial charge in [0, 0.05) is 12.2 Å². The third-order valence-corrected chi connectivity index (χ3v) is 3.05. The van der Waals surface area contributed by atoms with Gasteiger partial charge in [-0.05, 0) is 31.4 Å². The van der Waals surface area contributed by atoms with Crippen molar-refractivity contribution in [2.45, 2.75) is 19.8 Å². The van der Waals surface area contributed by atoms with Crippen molar-refractivity contribution in [3.05, 3.63) is 29.3 Å². The quantitative estimate of drug-likeness (QED) is 0.532. The zero-order chi connectivity index (χ0) is 10.1. The molecule has 0 bridgehead atoms. The van der Waals surface area contributed by atoms with Gasteiger partial charge in [0.05, 0.1) is 0 Å². The molecule has 0 radical (unpaired) electrons. The first-order chi connectivity index (χ1) is 6.68. The Balaban J connectivity index is 2.44. The van der Waals surface area contributed by atoms with Crippen molar-refractivity contribution in [1.82, 2.24) is 0 Å². The fraction of sp³-hybridized carbons (Fsp3) is 0.364. The van der Waals surface area contributed by atoms with E-state index in [4.69, 9.17) is 12.2 Å². The van der Waals surface area contributed by atoms with Gasteiger partial charge in [-0.2, -0.15) is 0 Å². The van der Waals surface area contributed by atoms with Crippen LogP contribution >= 0.6 is 24.8 Å². The van der Waals surface area contributed by atoms with Gasteiger partial charge in [0.2, 0.25) is 0 Å². The second-order valence-corrected chi connectivity index (χ2v) is 4.78. The number of thiocarbonyl (C=S) groups is 1. The van der Waals surface area contributed by atoms with Gasteiger partial charge in [-0.25, -0.2) is 0 Å². The molecule has 0 saturated carbocycles. The Bertz CT molecular complexity index is 374. The molecule has 1 aliphatic rings. The first-order valence-electron chi connectivity index (χ1n) is 4.78. The number of hydrogen-bond acceptors (Lipinski definition) is 1. The lowest BCUT2D eigenvalue weighted by Gasteiger charge is -2.29. The lowest BCUT2D eigenvalue weighted by Crippen LogP contribution is -2.31. The number of fused-ring (bicyclic) bond motifs is 1. The summed E-state index contributed by atoms with van der Waals surface area (Å²) in [7, 11) is 0. The molecule has 0 amide bonds. The number of aryl methyl sites for hydroxylation is 2. The lowest BCUT2D eigenvalue weighted by atomic mass is 10.0. The summed E-state index contributed by atoms with van der Waals surface area (Å²) in [6.45, 7) is 3.12. The maximum Gasteiger partial charge on any atom is 0.137 e. The van der Waals surface area contributed by atoms with E-state index >= 15 is 0 Å². The van der Waals surface area contributed by atoms with Gasteiger partial charge >= 0.3 is 0 Å². The van der Waals surface area contributed by atoms with Gasteiger partial charge < -0.3 is 4.90 Å². The Hall–Kier alpha value is -0.540. The third kappa shape index (κ3) is 1.79. The van der Waals surface area contributed by atoms with Gasteiger partial charge in [-0.1, -0.05) is 29.9 Å². The SMILES string of the molecule is Cc1ccc2c(c1)CCCN2C(=S)S. The van der Waals surface area contributed by atoms with Crippen LogP contribution in [0.4, 0.5) is 5.69 Å². The molecule has 0 saturated heterocycles. The van der Waals surface area contributed by atoms with Crippen LogP contribution in [-0.2, 0) is 6.42 Å². The Morgan fingerprint density at radius 3 is 3.00 bits per heavy atom. The largest absolute Gasteiger partial charge is 0.327 e. The van der Waals surface area contributed by atoms with Gasteiger partial charge in [0.25, 0.3) is 0 Å². The molecule has 14 heavy (non-hydrogen) atoms. The van der Waals surface area contributed by atoms with Crippen LogP contribution in [0.15, 0.2) is 18.2 Å². The average molecular weight is 223 g/mol. The fourth-order valence-electron chi connectivity index (χ4n) is 1.92. The van der Waals surface area contributed by atoms with Crippen LogP contribution in [0.1, 0.15) is 17.5 Å². The zero-order valence-corrected chi connectivity index (χ0v) is 9.87. The molecular formula is C11H13NS2. The van der Waals surface area contributed by atoms with E-state index in [1.165, 1.54) is 16.8 Å². The zero-order valence-electron chi connectivity index (χ0n) is 8.16. The normalized spacial score (nSPS) is 15.1. The molecule has 0 aromatic heterocycles. The standard InChI is InChI=1S/C11H13NS2/c1-8-4-5-10-9(7-8)3-2-6-12(10)11(13)14/h4-5,7H,2-3,6H2,1H3,(H,13,14). The highest BCUT2D eigenvalue weighted by atomic mass is 32.1. The van der Waals surface area contributed by atoms with Crippen LogP contribution < -0.4 is 4.90 Å². The Morgan fingerprint density at radius 2 is 2.29 bits per heavy atom. The molecule has 0 unspecified atom stereocenters. The van der Waals surface area contributed by atoms with Crippen molar-refractivity contribution in [2.75, 3.05) is 11.4 Å². The maximum atomic E-state index is 5.11. The molecule has 0 N–H and O–H groups in total. The van der Waals surface area contributed by atoms with Crippen molar-refractivity contribution < 1.29 is 0 Å². The van der Waals surface area contributed by atoms with E-state index in [9.17, 15) is 0 Å². The van der Waals surface area contributed by atoms with Gasteiger partial charge in [-0.3, -0.25) is 0 Å². The van der Waals surface area contributed by atoms with Crippen molar-refractivity contribution in [2.24, 2.45) is 0 Å². The number of benzene rings is 1. The summed E-state index contributed by atoms with van der Waals surface area (Å²) in [6, 6.07) is 6.52. The Labute approximate surface area is 95.5 Å². The van der Waals surface area contributed by atoms with E-state index < -0.39 is 0 Å². The van der Waals surface area contributed by atoms with Crippen LogP contribution in [0.25, 0.3) is 0 Å². The summed E-state index contributed by atoms with van der Waals surface area (Å²) >= 11 is 9.36. The Morgan fingerprint density at radius 1 is 1.50 bits per heavy atom. The van der Waals surface area contributed by atoms with Crippen molar-refractivity contribution in [3.8, 4) is 0 Å². The number of nitrogens with zero attached hydrogens (tertiary/aromatic N) is 1. The predicted octanol–water partition coefficient (Wildman–Crippen LogP) is 2.96. The van der Waals surface area contributed by atoms with Crippen LogP contribution in [0.2, 0.25) is 0 Å². The topological polar surface area (TPSA) is 3.24 Å². The van der Waals surface area contributed by atoms with Crippen LogP contribution in [-0.4, -0.2) is 10.9 Å². The summed E-state index contributed by atoms with van der Waals surface area (Å²) in [5.41, 5.74) is 3.95. The number of hydrogen-bond donors (Lipinski definition) is 1. The second kappa shape index (κ2) is 3.91. The summed E-state index contributed by atoms with van der Waals surface area (Å²) in [4.78, 5) is 2.11. The molecule has 1 heterocycles. The molecule has 0 atom stereocenters. The van der Waals surface area contributed by atoms with E-state index in [0.717, 1.165) is 19.4 Å². The highest BCUT2D eigenvalue weighted by molar-refractivity contribution is 8.11. The first-order valence-corrected chi connectivity index (χ1v) is 5.64. The van der Waals surface area contributed by atoms with Gasteiger partial charge in [0.15, 0.2) is 0 Å². The summed E-state index contributed by atoms with van der Waals surface area (Å²) in [6.07, 6.45) is 2.32. The van der Waals surface area contributed by atoms with Crippen molar-refractivity contribution in [1.29, 1.82) is 0 Å². The van der Waals surface area contributed by atoms with E-state index in [-0.39, 0.29) is 0 Å². The smallest absolute Gasteiger partial charge is 0.137 e. The average Bonchev–Trinajstić information content (AvgIpc) is 2.16. The maximum absolute atomic E-state index is 5.11. The fourth-order valence-corrected chi connectivity index (χ4v) is 2.32. The molecule has 0 spiro atoms. The Kier molecular flexibility index (Phi) is 2.79. The van der Waals surface area contributed by atoms with Gasteiger partial charge in [0.1, 0.15) is 4.32 Å². The lowest BCUT2D eigenvalue weighted by molar-refractivity contribution is 0.783. The van der Waals surface area contributed by atoms with E-state index in [1.807, 2.05) is 0 Å². The first kappa shape index (κ1) is 9.99. The molecule has 1 aromatic carbocycles.